The van der Waals surface area contributed by atoms with E-state index in [1.165, 1.54) is 4.90 Å². The molecule has 0 unspecified atom stereocenters. The Bertz CT molecular complexity index is 1080. The lowest BCUT2D eigenvalue weighted by molar-refractivity contribution is -0.139. The third-order valence-corrected chi connectivity index (χ3v) is 6.06. The molecule has 2 amide bonds. The maximum absolute atomic E-state index is 13.8. The second kappa shape index (κ2) is 11.2. The van der Waals surface area contributed by atoms with E-state index in [4.69, 9.17) is 0 Å². The summed E-state index contributed by atoms with van der Waals surface area (Å²) in [7, 11) is -4.02. The van der Waals surface area contributed by atoms with E-state index in [1.807, 2.05) is 19.9 Å². The summed E-state index contributed by atoms with van der Waals surface area (Å²) in [5.74, 6) is -3.22. The van der Waals surface area contributed by atoms with Crippen molar-refractivity contribution in [3.63, 3.8) is 0 Å². The summed E-state index contributed by atoms with van der Waals surface area (Å²) in [5.41, 5.74) is 0.550. The number of hydrogen-bond acceptors (Lipinski definition) is 4. The van der Waals surface area contributed by atoms with Crippen LogP contribution in [0.1, 0.15) is 26.3 Å². The Balaban J connectivity index is 2.36. The van der Waals surface area contributed by atoms with Gasteiger partial charge in [-0.1, -0.05) is 44.2 Å². The Morgan fingerprint density at radius 3 is 2.18 bits per heavy atom. The minimum absolute atomic E-state index is 0.0608. The van der Waals surface area contributed by atoms with E-state index in [1.54, 1.807) is 31.2 Å². The first-order valence-corrected chi connectivity index (χ1v) is 12.3. The SMILES string of the molecule is CC(C)CNC(=O)[C@@H](C)N(Cc1ccccc1)C(=O)CN(c1ccc(F)c(F)c1)S(C)(=O)=O. The maximum Gasteiger partial charge on any atom is 0.244 e. The van der Waals surface area contributed by atoms with Crippen LogP contribution in [0.15, 0.2) is 48.5 Å². The van der Waals surface area contributed by atoms with Gasteiger partial charge in [-0.3, -0.25) is 13.9 Å². The summed E-state index contributed by atoms with van der Waals surface area (Å²) < 4.78 is 52.6. The topological polar surface area (TPSA) is 86.8 Å². The van der Waals surface area contributed by atoms with Gasteiger partial charge in [0.05, 0.1) is 11.9 Å². The number of anilines is 1. The highest BCUT2D eigenvalue weighted by Gasteiger charge is 2.30. The van der Waals surface area contributed by atoms with Crippen LogP contribution in [-0.2, 0) is 26.2 Å². The van der Waals surface area contributed by atoms with Gasteiger partial charge in [-0.25, -0.2) is 17.2 Å². The number of benzene rings is 2. The fraction of sp³-hybridized carbons (Fsp3) is 0.391. The summed E-state index contributed by atoms with van der Waals surface area (Å²) in [4.78, 5) is 27.2. The number of nitrogens with zero attached hydrogens (tertiary/aromatic N) is 2. The van der Waals surface area contributed by atoms with Gasteiger partial charge in [0.15, 0.2) is 11.6 Å². The van der Waals surface area contributed by atoms with E-state index >= 15 is 0 Å². The molecule has 0 aliphatic carbocycles. The molecule has 2 rings (SSSR count). The molecule has 0 fully saturated rings. The zero-order valence-electron chi connectivity index (χ0n) is 19.1. The molecule has 1 atom stereocenters. The Kier molecular flexibility index (Phi) is 8.92. The van der Waals surface area contributed by atoms with Gasteiger partial charge < -0.3 is 10.2 Å². The third-order valence-electron chi connectivity index (χ3n) is 4.92. The number of halogens is 2. The summed E-state index contributed by atoms with van der Waals surface area (Å²) >= 11 is 0. The zero-order chi connectivity index (χ0) is 24.8. The number of carbonyl (C=O) groups is 2. The number of nitrogens with one attached hydrogen (secondary N) is 1. The van der Waals surface area contributed by atoms with E-state index < -0.39 is 40.2 Å². The van der Waals surface area contributed by atoms with Crippen LogP contribution >= 0.6 is 0 Å². The standard InChI is InChI=1S/C23H29F2N3O4S/c1-16(2)13-26-23(30)17(3)27(14-18-8-6-5-7-9-18)22(29)15-28(33(4,31)32)19-10-11-20(24)21(25)12-19/h5-12,16-17H,13-15H2,1-4H3,(H,26,30)/t17-/m1/s1. The third kappa shape index (κ3) is 7.52. The molecule has 0 saturated heterocycles. The van der Waals surface area contributed by atoms with E-state index in [0.717, 1.165) is 24.0 Å². The van der Waals surface area contributed by atoms with Crippen LogP contribution in [0.3, 0.4) is 0 Å². The van der Waals surface area contributed by atoms with Crippen LogP contribution in [0.4, 0.5) is 14.5 Å². The molecule has 0 aliphatic rings. The first-order valence-electron chi connectivity index (χ1n) is 10.4. The molecule has 7 nitrogen and oxygen atoms in total. The Morgan fingerprint density at radius 2 is 1.64 bits per heavy atom. The maximum atomic E-state index is 13.8. The monoisotopic (exact) mass is 481 g/mol. The van der Waals surface area contributed by atoms with Crippen molar-refractivity contribution in [3.05, 3.63) is 65.7 Å². The number of hydrogen-bond donors (Lipinski definition) is 1. The van der Waals surface area contributed by atoms with Crippen LogP contribution in [0.5, 0.6) is 0 Å². The van der Waals surface area contributed by atoms with Gasteiger partial charge in [-0.15, -0.1) is 0 Å². The Hall–Kier alpha value is -3.01. The summed E-state index contributed by atoms with van der Waals surface area (Å²) in [6.45, 7) is 5.22. The quantitative estimate of drug-likeness (QED) is 0.565. The second-order valence-corrected chi connectivity index (χ2v) is 10.1. The molecular formula is C23H29F2N3O4S. The average Bonchev–Trinajstić information content (AvgIpc) is 2.75. The van der Waals surface area contributed by atoms with Crippen LogP contribution in [0.2, 0.25) is 0 Å². The van der Waals surface area contributed by atoms with Crippen molar-refractivity contribution in [2.75, 3.05) is 23.7 Å². The first kappa shape index (κ1) is 26.2. The normalized spacial score (nSPS) is 12.3. The first-order chi connectivity index (χ1) is 15.4. The van der Waals surface area contributed by atoms with Crippen molar-refractivity contribution in [2.24, 2.45) is 5.92 Å². The molecule has 180 valence electrons. The highest BCUT2D eigenvalue weighted by atomic mass is 32.2. The van der Waals surface area contributed by atoms with Crippen molar-refractivity contribution < 1.29 is 26.8 Å². The predicted octanol–water partition coefficient (Wildman–Crippen LogP) is 2.92. The molecule has 10 heteroatoms. The molecule has 0 saturated carbocycles. The molecule has 1 N–H and O–H groups in total. The van der Waals surface area contributed by atoms with Crippen molar-refractivity contribution in [2.45, 2.75) is 33.4 Å². The van der Waals surface area contributed by atoms with Crippen LogP contribution in [-0.4, -0.2) is 50.5 Å². The van der Waals surface area contributed by atoms with E-state index in [0.29, 0.717) is 16.9 Å². The molecule has 2 aromatic rings. The Morgan fingerprint density at radius 1 is 1.00 bits per heavy atom. The number of rotatable bonds is 10. The molecule has 2 aromatic carbocycles. The van der Waals surface area contributed by atoms with E-state index in [9.17, 15) is 26.8 Å². The fourth-order valence-corrected chi connectivity index (χ4v) is 3.91. The van der Waals surface area contributed by atoms with Crippen molar-refractivity contribution in [1.82, 2.24) is 10.2 Å². The Labute approximate surface area is 193 Å². The number of carbonyl (C=O) groups excluding carboxylic acids is 2. The highest BCUT2D eigenvalue weighted by molar-refractivity contribution is 7.92. The van der Waals surface area contributed by atoms with Gasteiger partial charge in [0, 0.05) is 19.2 Å². The lowest BCUT2D eigenvalue weighted by Crippen LogP contribution is -2.51. The molecule has 0 aromatic heterocycles. The van der Waals surface area contributed by atoms with Gasteiger partial charge in [0.1, 0.15) is 12.6 Å². The summed E-state index contributed by atoms with van der Waals surface area (Å²) in [6.07, 6.45) is 0.863. The number of sulfonamides is 1. The lowest BCUT2D eigenvalue weighted by atomic mass is 10.1. The molecule has 0 spiro atoms. The number of amides is 2. The molecular weight excluding hydrogens is 452 g/mol. The highest BCUT2D eigenvalue weighted by Crippen LogP contribution is 2.21. The van der Waals surface area contributed by atoms with Crippen molar-refractivity contribution >= 4 is 27.5 Å². The van der Waals surface area contributed by atoms with Crippen molar-refractivity contribution in [3.8, 4) is 0 Å². The lowest BCUT2D eigenvalue weighted by Gasteiger charge is -2.31. The molecule has 0 aliphatic heterocycles. The molecule has 0 bridgehead atoms. The largest absolute Gasteiger partial charge is 0.354 e. The van der Waals surface area contributed by atoms with Gasteiger partial charge in [0.25, 0.3) is 0 Å². The van der Waals surface area contributed by atoms with Crippen molar-refractivity contribution in [1.29, 1.82) is 0 Å². The van der Waals surface area contributed by atoms with Crippen LogP contribution in [0.25, 0.3) is 0 Å². The summed E-state index contributed by atoms with van der Waals surface area (Å²) in [5, 5.41) is 2.78. The minimum Gasteiger partial charge on any atom is -0.354 e. The zero-order valence-corrected chi connectivity index (χ0v) is 19.9. The van der Waals surface area contributed by atoms with E-state index in [2.05, 4.69) is 5.32 Å². The van der Waals surface area contributed by atoms with E-state index in [-0.39, 0.29) is 24.1 Å². The summed E-state index contributed by atoms with van der Waals surface area (Å²) in [6, 6.07) is 10.6. The smallest absolute Gasteiger partial charge is 0.244 e. The van der Waals surface area contributed by atoms with Gasteiger partial charge in [-0.05, 0) is 30.5 Å². The molecule has 0 heterocycles. The van der Waals surface area contributed by atoms with Crippen LogP contribution in [0, 0.1) is 17.6 Å². The minimum atomic E-state index is -4.02. The fourth-order valence-electron chi connectivity index (χ4n) is 3.07. The average molecular weight is 482 g/mol. The van der Waals surface area contributed by atoms with Gasteiger partial charge in [-0.2, -0.15) is 0 Å². The van der Waals surface area contributed by atoms with Gasteiger partial charge in [0.2, 0.25) is 21.8 Å². The second-order valence-electron chi connectivity index (χ2n) is 8.19. The van der Waals surface area contributed by atoms with Gasteiger partial charge >= 0.3 is 0 Å². The molecule has 33 heavy (non-hydrogen) atoms. The predicted molar refractivity (Wildman–Crippen MR) is 123 cm³/mol. The van der Waals surface area contributed by atoms with Crippen LogP contribution < -0.4 is 9.62 Å². The molecule has 0 radical (unpaired) electrons.